The van der Waals surface area contributed by atoms with Crippen molar-refractivity contribution >= 4 is 5.69 Å². The molecule has 1 aromatic heterocycles. The zero-order chi connectivity index (χ0) is 12.8. The highest BCUT2D eigenvalue weighted by Gasteiger charge is 1.98. The average Bonchev–Trinajstić information content (AvgIpc) is 2.81. The first-order valence-electron chi connectivity index (χ1n) is 6.27. The van der Waals surface area contributed by atoms with Gasteiger partial charge in [-0.1, -0.05) is 19.1 Å². The summed E-state index contributed by atoms with van der Waals surface area (Å²) >= 11 is 0. The predicted octanol–water partition coefficient (Wildman–Crippen LogP) is 2.50. The molecule has 0 aliphatic rings. The molecule has 0 bridgehead atoms. The van der Waals surface area contributed by atoms with Crippen molar-refractivity contribution < 1.29 is 4.74 Å². The zero-order valence-corrected chi connectivity index (χ0v) is 10.7. The van der Waals surface area contributed by atoms with E-state index in [-0.39, 0.29) is 0 Å². The fraction of sp³-hybridized carbons (Fsp3) is 0.357. The Hall–Kier alpha value is -1.97. The molecule has 1 heterocycles. The second-order valence-electron chi connectivity index (χ2n) is 4.28. The maximum Gasteiger partial charge on any atom is 0.119 e. The molecule has 0 aliphatic heterocycles. The molecule has 0 saturated heterocycles. The summed E-state index contributed by atoms with van der Waals surface area (Å²) in [5.74, 6) is 0.934. The lowest BCUT2D eigenvalue weighted by Crippen LogP contribution is -2.01. The van der Waals surface area contributed by atoms with Crippen LogP contribution in [-0.4, -0.2) is 16.4 Å². The molecule has 96 valence electrons. The Morgan fingerprint density at radius 2 is 2.06 bits per heavy atom. The van der Waals surface area contributed by atoms with E-state index >= 15 is 0 Å². The largest absolute Gasteiger partial charge is 0.494 e. The summed E-state index contributed by atoms with van der Waals surface area (Å²) in [6, 6.07) is 8.22. The third-order valence-corrected chi connectivity index (χ3v) is 2.68. The molecule has 0 amide bonds. The minimum Gasteiger partial charge on any atom is -0.494 e. The number of nitrogens with two attached hydrogens (primary N) is 1. The highest BCUT2D eigenvalue weighted by molar-refractivity contribution is 5.30. The van der Waals surface area contributed by atoms with E-state index in [1.807, 2.05) is 23.0 Å². The normalized spacial score (nSPS) is 10.5. The molecule has 0 radical (unpaired) electrons. The maximum atomic E-state index is 5.61. The quantitative estimate of drug-likeness (QED) is 0.850. The van der Waals surface area contributed by atoms with Gasteiger partial charge in [0.05, 0.1) is 18.5 Å². The second kappa shape index (κ2) is 6.10. The summed E-state index contributed by atoms with van der Waals surface area (Å²) in [6.07, 6.45) is 5.48. The lowest BCUT2D eigenvalue weighted by atomic mass is 10.1. The van der Waals surface area contributed by atoms with Crippen LogP contribution >= 0.6 is 0 Å². The number of benzene rings is 1. The number of anilines is 1. The lowest BCUT2D eigenvalue weighted by Gasteiger charge is -2.06. The third kappa shape index (κ3) is 3.52. The number of aryl methyl sites for hydroxylation is 2. The summed E-state index contributed by atoms with van der Waals surface area (Å²) in [5, 5.41) is 4.16. The first-order chi connectivity index (χ1) is 8.78. The SMILES string of the molecule is CCCOc1ccc(CCn2cc(N)cn2)cc1. The van der Waals surface area contributed by atoms with Gasteiger partial charge < -0.3 is 10.5 Å². The number of ether oxygens (including phenoxy) is 1. The van der Waals surface area contributed by atoms with Gasteiger partial charge >= 0.3 is 0 Å². The monoisotopic (exact) mass is 245 g/mol. The second-order valence-corrected chi connectivity index (χ2v) is 4.28. The molecule has 0 unspecified atom stereocenters. The molecule has 2 rings (SSSR count). The van der Waals surface area contributed by atoms with Gasteiger partial charge in [0, 0.05) is 12.7 Å². The van der Waals surface area contributed by atoms with Gasteiger partial charge in [0.1, 0.15) is 5.75 Å². The summed E-state index contributed by atoms with van der Waals surface area (Å²) in [7, 11) is 0. The molecule has 0 atom stereocenters. The Labute approximate surface area is 107 Å². The Morgan fingerprint density at radius 3 is 2.67 bits per heavy atom. The fourth-order valence-electron chi connectivity index (χ4n) is 1.72. The summed E-state index contributed by atoms with van der Waals surface area (Å²) in [5.41, 5.74) is 7.59. The standard InChI is InChI=1S/C14H19N3O/c1-2-9-18-14-5-3-12(4-6-14)7-8-17-11-13(15)10-16-17/h3-6,10-11H,2,7-9,15H2,1H3. The van der Waals surface area contributed by atoms with E-state index in [0.717, 1.165) is 31.7 Å². The minimum absolute atomic E-state index is 0.707. The fourth-order valence-corrected chi connectivity index (χ4v) is 1.72. The number of nitrogens with zero attached hydrogens (tertiary/aromatic N) is 2. The molecule has 4 nitrogen and oxygen atoms in total. The Balaban J connectivity index is 1.86. The van der Waals surface area contributed by atoms with Gasteiger partial charge in [0.2, 0.25) is 0 Å². The number of hydrogen-bond donors (Lipinski definition) is 1. The van der Waals surface area contributed by atoms with Crippen molar-refractivity contribution in [3.8, 4) is 5.75 Å². The van der Waals surface area contributed by atoms with Crippen molar-refractivity contribution in [3.05, 3.63) is 42.2 Å². The van der Waals surface area contributed by atoms with E-state index < -0.39 is 0 Å². The van der Waals surface area contributed by atoms with Gasteiger partial charge in [-0.3, -0.25) is 4.68 Å². The number of rotatable bonds is 6. The van der Waals surface area contributed by atoms with Crippen LogP contribution in [0.4, 0.5) is 5.69 Å². The van der Waals surface area contributed by atoms with E-state index in [1.165, 1.54) is 5.56 Å². The van der Waals surface area contributed by atoms with E-state index in [2.05, 4.69) is 24.2 Å². The van der Waals surface area contributed by atoms with Crippen LogP contribution in [0.15, 0.2) is 36.7 Å². The van der Waals surface area contributed by atoms with Crippen LogP contribution in [0, 0.1) is 0 Å². The first-order valence-corrected chi connectivity index (χ1v) is 6.27. The molecular formula is C14H19N3O. The lowest BCUT2D eigenvalue weighted by molar-refractivity contribution is 0.317. The Morgan fingerprint density at radius 1 is 1.28 bits per heavy atom. The highest BCUT2D eigenvalue weighted by Crippen LogP contribution is 2.13. The smallest absolute Gasteiger partial charge is 0.119 e. The van der Waals surface area contributed by atoms with Gasteiger partial charge in [0.15, 0.2) is 0 Å². The molecule has 18 heavy (non-hydrogen) atoms. The van der Waals surface area contributed by atoms with E-state index in [0.29, 0.717) is 5.69 Å². The van der Waals surface area contributed by atoms with Gasteiger partial charge in [-0.15, -0.1) is 0 Å². The third-order valence-electron chi connectivity index (χ3n) is 2.68. The maximum absolute atomic E-state index is 5.61. The van der Waals surface area contributed by atoms with Crippen molar-refractivity contribution in [1.82, 2.24) is 9.78 Å². The Kier molecular flexibility index (Phi) is 4.23. The topological polar surface area (TPSA) is 53.1 Å². The summed E-state index contributed by atoms with van der Waals surface area (Å²) in [6.45, 7) is 3.71. The van der Waals surface area contributed by atoms with Crippen LogP contribution in [0.2, 0.25) is 0 Å². The van der Waals surface area contributed by atoms with Crippen molar-refractivity contribution in [2.24, 2.45) is 0 Å². The van der Waals surface area contributed by atoms with E-state index in [9.17, 15) is 0 Å². The molecule has 0 saturated carbocycles. The van der Waals surface area contributed by atoms with Crippen molar-refractivity contribution in [2.45, 2.75) is 26.3 Å². The zero-order valence-electron chi connectivity index (χ0n) is 10.7. The molecule has 2 aromatic rings. The molecule has 4 heteroatoms. The molecule has 2 N–H and O–H groups in total. The van der Waals surface area contributed by atoms with E-state index in [4.69, 9.17) is 10.5 Å². The van der Waals surface area contributed by atoms with Gasteiger partial charge in [-0.2, -0.15) is 5.10 Å². The van der Waals surface area contributed by atoms with Crippen LogP contribution in [-0.2, 0) is 13.0 Å². The molecule has 1 aromatic carbocycles. The number of nitrogen functional groups attached to an aromatic ring is 1. The van der Waals surface area contributed by atoms with E-state index in [1.54, 1.807) is 6.20 Å². The summed E-state index contributed by atoms with van der Waals surface area (Å²) < 4.78 is 7.40. The van der Waals surface area contributed by atoms with Crippen LogP contribution in [0.5, 0.6) is 5.75 Å². The molecule has 0 aliphatic carbocycles. The van der Waals surface area contributed by atoms with Crippen LogP contribution in [0.25, 0.3) is 0 Å². The molecule has 0 spiro atoms. The number of hydrogen-bond acceptors (Lipinski definition) is 3. The Bertz CT molecular complexity index is 476. The summed E-state index contributed by atoms with van der Waals surface area (Å²) in [4.78, 5) is 0. The van der Waals surface area contributed by atoms with Crippen LogP contribution in [0.1, 0.15) is 18.9 Å². The first kappa shape index (κ1) is 12.5. The predicted molar refractivity (Wildman–Crippen MR) is 72.6 cm³/mol. The van der Waals surface area contributed by atoms with Crippen LogP contribution in [0.3, 0.4) is 0 Å². The van der Waals surface area contributed by atoms with Crippen LogP contribution < -0.4 is 10.5 Å². The van der Waals surface area contributed by atoms with Gasteiger partial charge in [0.25, 0.3) is 0 Å². The molecular weight excluding hydrogens is 226 g/mol. The average molecular weight is 245 g/mol. The van der Waals surface area contributed by atoms with Crippen molar-refractivity contribution in [2.75, 3.05) is 12.3 Å². The van der Waals surface area contributed by atoms with Crippen molar-refractivity contribution in [3.63, 3.8) is 0 Å². The van der Waals surface area contributed by atoms with Gasteiger partial charge in [-0.25, -0.2) is 0 Å². The molecule has 0 fully saturated rings. The number of aromatic nitrogens is 2. The highest BCUT2D eigenvalue weighted by atomic mass is 16.5. The van der Waals surface area contributed by atoms with Gasteiger partial charge in [-0.05, 0) is 30.5 Å². The minimum atomic E-state index is 0.707. The van der Waals surface area contributed by atoms with Crippen molar-refractivity contribution in [1.29, 1.82) is 0 Å².